The zero-order chi connectivity index (χ0) is 27.5. The number of H-pyrrole nitrogens is 1. The predicted molar refractivity (Wildman–Crippen MR) is 145 cm³/mol. The predicted octanol–water partition coefficient (Wildman–Crippen LogP) is 4.23. The largest absolute Gasteiger partial charge is 0.414 e. The van der Waals surface area contributed by atoms with E-state index in [4.69, 9.17) is 22.5 Å². The number of oxime groups is 1. The summed E-state index contributed by atoms with van der Waals surface area (Å²) in [5, 5.41) is 4.47. The molecule has 2 bridgehead atoms. The number of hydrogen-bond acceptors (Lipinski definition) is 8. The molecule has 1 aromatic heterocycles. The number of aromatic amines is 1. The van der Waals surface area contributed by atoms with Crippen LogP contribution in [0.5, 0.6) is 0 Å². The molecule has 37 heavy (non-hydrogen) atoms. The maximum atomic E-state index is 12.9. The van der Waals surface area contributed by atoms with E-state index < -0.39 is 52.4 Å². The van der Waals surface area contributed by atoms with Gasteiger partial charge >= 0.3 is 22.8 Å². The average molecular weight is 554 g/mol. The SMILES string of the molecule is CCC1=NOC2[C@H](n3cc(C)c(=O)[nH]c3=O)O[C@@]13CO[Si](C(C)C)(C(C)C)O[Si](C(C)C)(C(C)C)O[C@H]23. The van der Waals surface area contributed by atoms with Crippen molar-refractivity contribution < 1.29 is 22.5 Å². The van der Waals surface area contributed by atoms with Crippen molar-refractivity contribution in [3.8, 4) is 0 Å². The highest BCUT2D eigenvalue weighted by atomic mass is 28.5. The van der Waals surface area contributed by atoms with E-state index in [1.807, 2.05) is 6.92 Å². The maximum absolute atomic E-state index is 12.9. The lowest BCUT2D eigenvalue weighted by atomic mass is 9.88. The second kappa shape index (κ2) is 9.87. The fourth-order valence-corrected chi connectivity index (χ4v) is 17.4. The van der Waals surface area contributed by atoms with E-state index in [9.17, 15) is 9.59 Å². The average Bonchev–Trinajstić information content (AvgIpc) is 2.98. The Morgan fingerprint density at radius 1 is 1.05 bits per heavy atom. The van der Waals surface area contributed by atoms with E-state index in [1.165, 1.54) is 10.8 Å². The third-order valence-electron chi connectivity index (χ3n) is 8.26. The summed E-state index contributed by atoms with van der Waals surface area (Å²) in [6.45, 7) is 21.2. The molecule has 2 saturated heterocycles. The van der Waals surface area contributed by atoms with Crippen LogP contribution in [0, 0.1) is 6.92 Å². The Morgan fingerprint density at radius 3 is 2.19 bits per heavy atom. The molecule has 1 N–H and O–H groups in total. The number of aromatic nitrogens is 2. The Kier molecular flexibility index (Phi) is 7.58. The molecule has 0 amide bonds. The van der Waals surface area contributed by atoms with Gasteiger partial charge in [0, 0.05) is 11.8 Å². The molecule has 12 heteroatoms. The number of aryl methyl sites for hydroxylation is 1. The summed E-state index contributed by atoms with van der Waals surface area (Å²) in [5.41, 5.74) is -0.360. The van der Waals surface area contributed by atoms with E-state index in [0.717, 1.165) is 0 Å². The van der Waals surface area contributed by atoms with Crippen molar-refractivity contribution in [1.82, 2.24) is 9.55 Å². The van der Waals surface area contributed by atoms with Crippen LogP contribution in [-0.2, 0) is 22.5 Å². The Labute approximate surface area is 221 Å². The van der Waals surface area contributed by atoms with Gasteiger partial charge in [0.25, 0.3) is 5.56 Å². The lowest BCUT2D eigenvalue weighted by Gasteiger charge is -2.54. The molecule has 4 heterocycles. The molecule has 0 radical (unpaired) electrons. The molecule has 4 atom stereocenters. The van der Waals surface area contributed by atoms with Crippen LogP contribution < -0.4 is 11.2 Å². The third-order valence-corrected chi connectivity index (χ3v) is 18.5. The topological polar surface area (TPSA) is 113 Å². The minimum atomic E-state index is -2.97. The minimum absolute atomic E-state index is 0.121. The van der Waals surface area contributed by atoms with E-state index >= 15 is 0 Å². The molecule has 2 fully saturated rings. The summed E-state index contributed by atoms with van der Waals surface area (Å²) in [5.74, 6) is 0. The summed E-state index contributed by atoms with van der Waals surface area (Å²) < 4.78 is 29.8. The van der Waals surface area contributed by atoms with Crippen LogP contribution in [0.1, 0.15) is 80.5 Å². The molecule has 0 aliphatic carbocycles. The molecule has 0 spiro atoms. The van der Waals surface area contributed by atoms with Crippen molar-refractivity contribution in [2.24, 2.45) is 5.16 Å². The van der Waals surface area contributed by atoms with Crippen molar-refractivity contribution >= 4 is 22.8 Å². The van der Waals surface area contributed by atoms with Gasteiger partial charge in [-0.05, 0) is 35.5 Å². The first kappa shape index (κ1) is 28.4. The number of ether oxygens (including phenoxy) is 1. The quantitative estimate of drug-likeness (QED) is 0.524. The van der Waals surface area contributed by atoms with Gasteiger partial charge in [-0.3, -0.25) is 14.3 Å². The molecule has 1 unspecified atom stereocenters. The highest BCUT2D eigenvalue weighted by molar-refractivity contribution is 6.84. The number of nitrogens with one attached hydrogen (secondary N) is 1. The molecule has 0 saturated carbocycles. The molecular weight excluding hydrogens is 510 g/mol. The van der Waals surface area contributed by atoms with Gasteiger partial charge in [-0.25, -0.2) is 4.79 Å². The Balaban J connectivity index is 1.94. The van der Waals surface area contributed by atoms with Crippen molar-refractivity contribution in [2.45, 2.75) is 122 Å². The highest BCUT2D eigenvalue weighted by Crippen LogP contribution is 2.53. The second-order valence-corrected chi connectivity index (χ2v) is 20.7. The zero-order valence-electron chi connectivity index (χ0n) is 23.8. The van der Waals surface area contributed by atoms with Crippen LogP contribution in [0.25, 0.3) is 0 Å². The van der Waals surface area contributed by atoms with E-state index in [0.29, 0.717) is 17.7 Å². The molecule has 208 valence electrons. The highest BCUT2D eigenvalue weighted by Gasteiger charge is 2.69. The number of hydrogen-bond donors (Lipinski definition) is 1. The normalized spacial score (nSPS) is 30.8. The van der Waals surface area contributed by atoms with Gasteiger partial charge in [0.2, 0.25) is 6.10 Å². The second-order valence-electron chi connectivity index (χ2n) is 11.8. The summed E-state index contributed by atoms with van der Waals surface area (Å²) >= 11 is 0. The lowest BCUT2D eigenvalue weighted by molar-refractivity contribution is -0.0946. The molecule has 3 aliphatic rings. The van der Waals surface area contributed by atoms with Gasteiger partial charge in [-0.2, -0.15) is 0 Å². The molecule has 3 aliphatic heterocycles. The smallest absolute Gasteiger partial charge is 0.335 e. The minimum Gasteiger partial charge on any atom is -0.414 e. The summed E-state index contributed by atoms with van der Waals surface area (Å²) in [4.78, 5) is 33.4. The van der Waals surface area contributed by atoms with Crippen LogP contribution in [-0.4, -0.2) is 56.8 Å². The summed E-state index contributed by atoms with van der Waals surface area (Å²) in [6.07, 6.45) is -0.0873. The summed E-state index contributed by atoms with van der Waals surface area (Å²) in [6, 6.07) is 0. The van der Waals surface area contributed by atoms with Gasteiger partial charge < -0.3 is 22.5 Å². The maximum Gasteiger partial charge on any atom is 0.335 e. The van der Waals surface area contributed by atoms with Gasteiger partial charge in [0.1, 0.15) is 6.10 Å². The number of rotatable bonds is 6. The van der Waals surface area contributed by atoms with Crippen molar-refractivity contribution in [3.63, 3.8) is 0 Å². The monoisotopic (exact) mass is 553 g/mol. The molecule has 1 aromatic rings. The molecule has 0 aromatic carbocycles. The first-order valence-corrected chi connectivity index (χ1v) is 17.4. The van der Waals surface area contributed by atoms with Crippen molar-refractivity contribution in [3.05, 3.63) is 32.6 Å². The van der Waals surface area contributed by atoms with Gasteiger partial charge in [-0.15, -0.1) is 0 Å². The fourth-order valence-electron chi connectivity index (χ4n) is 6.15. The van der Waals surface area contributed by atoms with Crippen LogP contribution in [0.2, 0.25) is 22.2 Å². The van der Waals surface area contributed by atoms with Crippen LogP contribution in [0.15, 0.2) is 20.9 Å². The Bertz CT molecular complexity index is 1150. The van der Waals surface area contributed by atoms with Crippen LogP contribution in [0.3, 0.4) is 0 Å². The Hall–Kier alpha value is -1.58. The first-order valence-electron chi connectivity index (χ1n) is 13.5. The fraction of sp³-hybridized carbons (Fsp3) is 0.800. The van der Waals surface area contributed by atoms with Gasteiger partial charge in [0.05, 0.1) is 12.3 Å². The van der Waals surface area contributed by atoms with Crippen LogP contribution in [0.4, 0.5) is 0 Å². The van der Waals surface area contributed by atoms with Crippen molar-refractivity contribution in [2.75, 3.05) is 6.61 Å². The van der Waals surface area contributed by atoms with Gasteiger partial charge in [-0.1, -0.05) is 67.5 Å². The summed E-state index contributed by atoms with van der Waals surface area (Å²) in [7, 11) is -5.80. The molecular formula is C25H43N3O7Si2. The standard InChI is InChI=1S/C25H43N3O7Si2/c1-11-19-25-13-31-36(14(2)3,15(4)5)35-37(16(6)7,17(8)9)34-21(25)20(33-27-19)23(32-25)28-12-18(10)22(29)26-24(28)30/h12,14-17,20-21,23H,11,13H2,1-10H3,(H,26,29,30)/t20?,21-,23-,25+/m1/s1. The van der Waals surface area contributed by atoms with Crippen molar-refractivity contribution in [1.29, 1.82) is 0 Å². The van der Waals surface area contributed by atoms with E-state index in [2.05, 4.69) is 65.5 Å². The van der Waals surface area contributed by atoms with E-state index in [1.54, 1.807) is 6.92 Å². The van der Waals surface area contributed by atoms with Gasteiger partial charge in [0.15, 0.2) is 11.8 Å². The zero-order valence-corrected chi connectivity index (χ0v) is 25.8. The third kappa shape index (κ3) is 4.24. The Morgan fingerprint density at radius 2 is 1.65 bits per heavy atom. The molecule has 10 nitrogen and oxygen atoms in total. The number of nitrogens with zero attached hydrogens (tertiary/aromatic N) is 2. The van der Waals surface area contributed by atoms with E-state index in [-0.39, 0.29) is 28.8 Å². The lowest BCUT2D eigenvalue weighted by Crippen LogP contribution is -2.70. The molecule has 4 rings (SSSR count). The first-order chi connectivity index (χ1) is 17.3. The van der Waals surface area contributed by atoms with Crippen LogP contribution >= 0.6 is 0 Å².